The van der Waals surface area contributed by atoms with Crippen LogP contribution in [0.2, 0.25) is 0 Å². The van der Waals surface area contributed by atoms with Gasteiger partial charge in [0.25, 0.3) is 0 Å². The number of alkyl halides is 1. The van der Waals surface area contributed by atoms with Crippen LogP contribution in [0, 0.1) is 0 Å². The Morgan fingerprint density at radius 3 is 2.53 bits per heavy atom. The van der Waals surface area contributed by atoms with Gasteiger partial charge in [-0.15, -0.1) is 0 Å². The summed E-state index contributed by atoms with van der Waals surface area (Å²) in [4.78, 5) is -0.482. The molecule has 15 heavy (non-hydrogen) atoms. The Kier molecular flexibility index (Phi) is 4.40. The third-order valence-corrected chi connectivity index (χ3v) is 3.17. The smallest absolute Gasteiger partial charge is 0.152 e. The summed E-state index contributed by atoms with van der Waals surface area (Å²) in [5.41, 5.74) is 1.18. The van der Waals surface area contributed by atoms with Crippen molar-refractivity contribution < 1.29 is 0 Å². The molecule has 0 aromatic heterocycles. The van der Waals surface area contributed by atoms with Crippen molar-refractivity contribution in [3.05, 3.63) is 24.3 Å². The van der Waals surface area contributed by atoms with E-state index in [1.54, 1.807) is 0 Å². The van der Waals surface area contributed by atoms with Crippen molar-refractivity contribution in [1.29, 1.82) is 0 Å². The summed E-state index contributed by atoms with van der Waals surface area (Å²) < 4.78 is 0. The zero-order valence-corrected chi connectivity index (χ0v) is 10.5. The predicted octanol–water partition coefficient (Wildman–Crippen LogP) is 3.55. The van der Waals surface area contributed by atoms with Crippen LogP contribution >= 0.6 is 11.6 Å². The molecule has 0 amide bonds. The molecule has 0 aromatic rings. The third-order valence-electron chi connectivity index (χ3n) is 2.65. The van der Waals surface area contributed by atoms with Crippen LogP contribution in [0.15, 0.2) is 29.4 Å². The third kappa shape index (κ3) is 3.10. The average molecular weight is 227 g/mol. The van der Waals surface area contributed by atoms with Gasteiger partial charge in [-0.1, -0.05) is 43.7 Å². The van der Waals surface area contributed by atoms with Gasteiger partial charge in [-0.05, 0) is 18.9 Å². The first kappa shape index (κ1) is 12.3. The Bertz CT molecular complexity index is 288. The number of halogens is 1. The van der Waals surface area contributed by atoms with Crippen molar-refractivity contribution >= 4 is 17.3 Å². The van der Waals surface area contributed by atoms with Gasteiger partial charge in [0.05, 0.1) is 0 Å². The molecule has 0 heterocycles. The van der Waals surface area contributed by atoms with Crippen LogP contribution in [-0.4, -0.2) is 22.8 Å². The first-order valence-electron chi connectivity index (χ1n) is 5.46. The molecule has 1 aliphatic carbocycles. The summed E-state index contributed by atoms with van der Waals surface area (Å²) in [5.74, 6) is 0. The number of likely N-dealkylation sites (N-methyl/N-ethyl adjacent to an activating group) is 1. The largest absolute Gasteiger partial charge is 0.275 e. The van der Waals surface area contributed by atoms with Crippen LogP contribution < -0.4 is 0 Å². The van der Waals surface area contributed by atoms with Gasteiger partial charge in [-0.2, -0.15) is 5.10 Å². The molecular weight excluding hydrogens is 208 g/mol. The fourth-order valence-corrected chi connectivity index (χ4v) is 1.71. The highest BCUT2D eigenvalue weighted by atomic mass is 35.5. The summed E-state index contributed by atoms with van der Waals surface area (Å²) in [6.45, 7) is 4.24. The minimum atomic E-state index is -0.482. The Morgan fingerprint density at radius 2 is 2.07 bits per heavy atom. The van der Waals surface area contributed by atoms with Crippen LogP contribution in [0.1, 0.15) is 33.1 Å². The Hall–Kier alpha value is -0.760. The van der Waals surface area contributed by atoms with E-state index < -0.39 is 5.00 Å². The van der Waals surface area contributed by atoms with E-state index in [9.17, 15) is 0 Å². The Labute approximate surface area is 97.3 Å². The normalized spacial score (nSPS) is 24.0. The molecule has 0 fully saturated rings. The van der Waals surface area contributed by atoms with Crippen molar-refractivity contribution in [2.75, 3.05) is 7.05 Å². The molecule has 0 spiro atoms. The Morgan fingerprint density at radius 1 is 1.40 bits per heavy atom. The van der Waals surface area contributed by atoms with Crippen molar-refractivity contribution in [2.24, 2.45) is 5.10 Å². The second-order valence-electron chi connectivity index (χ2n) is 3.71. The van der Waals surface area contributed by atoms with Crippen LogP contribution in [0.5, 0.6) is 0 Å². The highest BCUT2D eigenvalue weighted by molar-refractivity contribution is 6.25. The van der Waals surface area contributed by atoms with Gasteiger partial charge in [0.2, 0.25) is 0 Å². The fourth-order valence-electron chi connectivity index (χ4n) is 1.51. The standard InChI is InChI=1S/C12H19ClN2/c1-4-11(5-2)14-15(3)12(13)9-7-6-8-10-12/h6-9H,4-5,10H2,1-3H3. The van der Waals surface area contributed by atoms with Crippen molar-refractivity contribution in [3.63, 3.8) is 0 Å². The van der Waals surface area contributed by atoms with Crippen LogP contribution in [-0.2, 0) is 0 Å². The minimum absolute atomic E-state index is 0.482. The molecular formula is C12H19ClN2. The summed E-state index contributed by atoms with van der Waals surface area (Å²) in [7, 11) is 1.93. The molecule has 0 bridgehead atoms. The monoisotopic (exact) mass is 226 g/mol. The van der Waals surface area contributed by atoms with Crippen molar-refractivity contribution in [3.8, 4) is 0 Å². The van der Waals surface area contributed by atoms with Gasteiger partial charge in [-0.3, -0.25) is 5.01 Å². The highest BCUT2D eigenvalue weighted by Crippen LogP contribution is 2.29. The molecule has 1 unspecified atom stereocenters. The number of hydrogen-bond acceptors (Lipinski definition) is 2. The summed E-state index contributed by atoms with van der Waals surface area (Å²) in [6.07, 6.45) is 10.8. The maximum absolute atomic E-state index is 6.46. The van der Waals surface area contributed by atoms with E-state index in [0.717, 1.165) is 19.3 Å². The molecule has 1 aliphatic rings. The van der Waals surface area contributed by atoms with E-state index in [1.165, 1.54) is 5.71 Å². The molecule has 84 valence electrons. The first-order valence-corrected chi connectivity index (χ1v) is 5.83. The zero-order chi connectivity index (χ0) is 11.3. The van der Waals surface area contributed by atoms with Crippen molar-refractivity contribution in [1.82, 2.24) is 5.01 Å². The first-order chi connectivity index (χ1) is 7.12. The molecule has 2 nitrogen and oxygen atoms in total. The minimum Gasteiger partial charge on any atom is -0.275 e. The molecule has 3 heteroatoms. The summed E-state index contributed by atoms with van der Waals surface area (Å²) in [5, 5.41) is 6.40. The number of rotatable bonds is 4. The lowest BCUT2D eigenvalue weighted by molar-refractivity contribution is 0.257. The van der Waals surface area contributed by atoms with Gasteiger partial charge >= 0.3 is 0 Å². The highest BCUT2D eigenvalue weighted by Gasteiger charge is 2.28. The lowest BCUT2D eigenvalue weighted by Gasteiger charge is -2.32. The molecule has 0 radical (unpaired) electrons. The quantitative estimate of drug-likeness (QED) is 0.310. The van der Waals surface area contributed by atoms with Crippen molar-refractivity contribution in [2.45, 2.75) is 38.1 Å². The van der Waals surface area contributed by atoms with Gasteiger partial charge in [0.15, 0.2) is 5.00 Å². The predicted molar refractivity (Wildman–Crippen MR) is 67.3 cm³/mol. The zero-order valence-electron chi connectivity index (χ0n) is 9.70. The van der Waals surface area contributed by atoms with E-state index in [-0.39, 0.29) is 0 Å². The second-order valence-corrected chi connectivity index (χ2v) is 4.36. The maximum Gasteiger partial charge on any atom is 0.152 e. The van der Waals surface area contributed by atoms with E-state index in [1.807, 2.05) is 30.3 Å². The van der Waals surface area contributed by atoms with E-state index in [2.05, 4.69) is 25.0 Å². The van der Waals surface area contributed by atoms with Crippen LogP contribution in [0.25, 0.3) is 0 Å². The van der Waals surface area contributed by atoms with Crippen LogP contribution in [0.4, 0.5) is 0 Å². The lowest BCUT2D eigenvalue weighted by atomic mass is 10.1. The number of allylic oxidation sites excluding steroid dienone is 2. The number of hydrazone groups is 1. The van der Waals surface area contributed by atoms with E-state index in [0.29, 0.717) is 0 Å². The lowest BCUT2D eigenvalue weighted by Crippen LogP contribution is -2.37. The molecule has 0 N–H and O–H groups in total. The van der Waals surface area contributed by atoms with Gasteiger partial charge in [-0.25, -0.2) is 0 Å². The molecule has 1 rings (SSSR count). The summed E-state index contributed by atoms with van der Waals surface area (Å²) in [6, 6.07) is 0. The van der Waals surface area contributed by atoms with E-state index >= 15 is 0 Å². The summed E-state index contributed by atoms with van der Waals surface area (Å²) >= 11 is 6.46. The molecule has 0 aromatic carbocycles. The number of nitrogens with zero attached hydrogens (tertiary/aromatic N) is 2. The SMILES string of the molecule is CCC(CC)=NN(C)C1(Cl)C=CC=CC1. The molecule has 0 saturated carbocycles. The molecule has 0 aliphatic heterocycles. The number of hydrogen-bond donors (Lipinski definition) is 0. The topological polar surface area (TPSA) is 15.6 Å². The molecule has 0 saturated heterocycles. The van der Waals surface area contributed by atoms with Crippen LogP contribution in [0.3, 0.4) is 0 Å². The van der Waals surface area contributed by atoms with Gasteiger partial charge in [0.1, 0.15) is 0 Å². The second kappa shape index (κ2) is 5.36. The maximum atomic E-state index is 6.46. The van der Waals surface area contributed by atoms with E-state index in [4.69, 9.17) is 11.6 Å². The Balaban J connectivity index is 2.75. The average Bonchev–Trinajstić information content (AvgIpc) is 2.26. The van der Waals surface area contributed by atoms with Gasteiger partial charge in [0, 0.05) is 19.2 Å². The fraction of sp³-hybridized carbons (Fsp3) is 0.583. The molecule has 1 atom stereocenters. The van der Waals surface area contributed by atoms with Gasteiger partial charge < -0.3 is 0 Å².